The molecule has 0 fully saturated rings. The predicted octanol–water partition coefficient (Wildman–Crippen LogP) is 2.32. The van der Waals surface area contributed by atoms with Crippen LogP contribution in [0.2, 0.25) is 0 Å². The molecule has 1 aromatic carbocycles. The van der Waals surface area contributed by atoms with E-state index >= 15 is 0 Å². The Balaban J connectivity index is 2.33. The van der Waals surface area contributed by atoms with E-state index < -0.39 is 17.7 Å². The van der Waals surface area contributed by atoms with Crippen molar-refractivity contribution in [2.45, 2.75) is 11.2 Å². The zero-order chi connectivity index (χ0) is 12.5. The summed E-state index contributed by atoms with van der Waals surface area (Å²) in [4.78, 5) is 0. The fourth-order valence-electron chi connectivity index (χ4n) is 1.75. The summed E-state index contributed by atoms with van der Waals surface area (Å²) < 4.78 is 12.4. The molecule has 0 saturated carbocycles. The van der Waals surface area contributed by atoms with Crippen molar-refractivity contribution < 1.29 is 14.4 Å². The number of benzene rings is 1. The van der Waals surface area contributed by atoms with E-state index in [2.05, 4.69) is 0 Å². The zero-order valence-corrected chi connectivity index (χ0v) is 9.73. The molecular formula is C12H11BClFO2. The quantitative estimate of drug-likeness (QED) is 0.626. The van der Waals surface area contributed by atoms with Crippen LogP contribution in [0.15, 0.2) is 48.3 Å². The van der Waals surface area contributed by atoms with Crippen molar-refractivity contribution in [2.75, 3.05) is 0 Å². The van der Waals surface area contributed by atoms with Gasteiger partial charge in [0.15, 0.2) is 0 Å². The van der Waals surface area contributed by atoms with Crippen molar-refractivity contribution in [2.24, 2.45) is 0 Å². The lowest BCUT2D eigenvalue weighted by molar-refractivity contribution is 0.381. The normalized spacial score (nSPS) is 24.0. The van der Waals surface area contributed by atoms with Gasteiger partial charge in [0.25, 0.3) is 0 Å². The van der Waals surface area contributed by atoms with Gasteiger partial charge in [0.1, 0.15) is 10.6 Å². The number of allylic oxidation sites excluding steroid dienone is 4. The minimum absolute atomic E-state index is 0.229. The van der Waals surface area contributed by atoms with Gasteiger partial charge in [-0.3, -0.25) is 0 Å². The van der Waals surface area contributed by atoms with E-state index in [1.165, 1.54) is 12.2 Å². The Kier molecular flexibility index (Phi) is 3.38. The second kappa shape index (κ2) is 4.65. The Labute approximate surface area is 104 Å². The van der Waals surface area contributed by atoms with Gasteiger partial charge in [-0.15, -0.1) is 11.6 Å². The monoisotopic (exact) mass is 252 g/mol. The molecule has 17 heavy (non-hydrogen) atoms. The van der Waals surface area contributed by atoms with Gasteiger partial charge < -0.3 is 10.0 Å². The van der Waals surface area contributed by atoms with Crippen molar-refractivity contribution in [3.8, 4) is 0 Å². The second-order valence-electron chi connectivity index (χ2n) is 4.00. The highest BCUT2D eigenvalue weighted by atomic mass is 35.5. The SMILES string of the molecule is OB(O)C1(Cl)C=CC(c2ccccc2)=C(F)C1. The second-order valence-corrected chi connectivity index (χ2v) is 4.70. The van der Waals surface area contributed by atoms with E-state index in [1.807, 2.05) is 18.2 Å². The van der Waals surface area contributed by atoms with Crippen molar-refractivity contribution in [1.29, 1.82) is 0 Å². The first-order valence-electron chi connectivity index (χ1n) is 5.21. The van der Waals surface area contributed by atoms with Crippen LogP contribution in [-0.4, -0.2) is 21.9 Å². The van der Waals surface area contributed by atoms with Crippen molar-refractivity contribution in [1.82, 2.24) is 0 Å². The molecule has 0 bridgehead atoms. The summed E-state index contributed by atoms with van der Waals surface area (Å²) >= 11 is 5.90. The lowest BCUT2D eigenvalue weighted by Crippen LogP contribution is -2.40. The van der Waals surface area contributed by atoms with Crippen LogP contribution in [0.5, 0.6) is 0 Å². The number of halogens is 2. The topological polar surface area (TPSA) is 40.5 Å². The molecule has 1 aliphatic rings. The maximum atomic E-state index is 13.9. The average Bonchev–Trinajstić information content (AvgIpc) is 2.30. The summed E-state index contributed by atoms with van der Waals surface area (Å²) in [6.07, 6.45) is 2.68. The number of hydrogen-bond donors (Lipinski definition) is 2. The first kappa shape index (κ1) is 12.4. The Morgan fingerprint density at radius 3 is 2.41 bits per heavy atom. The van der Waals surface area contributed by atoms with E-state index in [-0.39, 0.29) is 6.42 Å². The van der Waals surface area contributed by atoms with E-state index in [9.17, 15) is 4.39 Å². The van der Waals surface area contributed by atoms with Gasteiger partial charge in [0, 0.05) is 12.0 Å². The van der Waals surface area contributed by atoms with Crippen LogP contribution >= 0.6 is 11.6 Å². The standard InChI is InChI=1S/C12H11BClFO2/c14-12(13(16)17)7-6-10(11(15)8-12)9-4-2-1-3-5-9/h1-7,16-17H,8H2. The molecule has 1 unspecified atom stereocenters. The minimum Gasteiger partial charge on any atom is -0.426 e. The van der Waals surface area contributed by atoms with E-state index in [4.69, 9.17) is 21.6 Å². The Hall–Kier alpha value is -1.10. The molecule has 0 spiro atoms. The maximum Gasteiger partial charge on any atom is 0.478 e. The number of rotatable bonds is 2. The third-order valence-corrected chi connectivity index (χ3v) is 3.21. The Morgan fingerprint density at radius 1 is 1.24 bits per heavy atom. The molecule has 0 saturated heterocycles. The molecule has 2 N–H and O–H groups in total. The summed E-state index contributed by atoms with van der Waals surface area (Å²) in [5, 5.41) is 18.2. The average molecular weight is 252 g/mol. The van der Waals surface area contributed by atoms with Gasteiger partial charge in [0.2, 0.25) is 0 Å². The van der Waals surface area contributed by atoms with E-state index in [0.717, 1.165) is 5.56 Å². The molecule has 2 nitrogen and oxygen atoms in total. The van der Waals surface area contributed by atoms with Crippen LogP contribution in [0.1, 0.15) is 12.0 Å². The third-order valence-electron chi connectivity index (χ3n) is 2.76. The summed E-state index contributed by atoms with van der Waals surface area (Å²) in [5.41, 5.74) is 1.18. The van der Waals surface area contributed by atoms with Gasteiger partial charge in [-0.25, -0.2) is 4.39 Å². The Bertz CT molecular complexity index is 473. The van der Waals surface area contributed by atoms with Crippen LogP contribution < -0.4 is 0 Å². The third kappa shape index (κ3) is 2.44. The highest BCUT2D eigenvalue weighted by Gasteiger charge is 2.41. The first-order valence-corrected chi connectivity index (χ1v) is 5.59. The van der Waals surface area contributed by atoms with Gasteiger partial charge in [-0.05, 0) is 5.56 Å². The molecule has 1 aromatic rings. The largest absolute Gasteiger partial charge is 0.478 e. The molecule has 1 aliphatic carbocycles. The van der Waals surface area contributed by atoms with Crippen LogP contribution in [0.4, 0.5) is 4.39 Å². The zero-order valence-electron chi connectivity index (χ0n) is 8.98. The van der Waals surface area contributed by atoms with Crippen molar-refractivity contribution in [3.63, 3.8) is 0 Å². The van der Waals surface area contributed by atoms with Gasteiger partial charge in [0.05, 0.1) is 0 Å². The summed E-state index contributed by atoms with van der Waals surface area (Å²) in [7, 11) is -1.79. The van der Waals surface area contributed by atoms with Crippen LogP contribution in [-0.2, 0) is 0 Å². The molecule has 5 heteroatoms. The van der Waals surface area contributed by atoms with Crippen molar-refractivity contribution >= 4 is 24.3 Å². The highest BCUT2D eigenvalue weighted by Crippen LogP contribution is 2.37. The lowest BCUT2D eigenvalue weighted by Gasteiger charge is -2.25. The summed E-state index contributed by atoms with van der Waals surface area (Å²) in [6.45, 7) is 0. The van der Waals surface area contributed by atoms with Crippen LogP contribution in [0.3, 0.4) is 0 Å². The minimum atomic E-state index is -1.79. The molecule has 88 valence electrons. The Morgan fingerprint density at radius 2 is 1.88 bits per heavy atom. The molecule has 2 rings (SSSR count). The van der Waals surface area contributed by atoms with Crippen LogP contribution in [0, 0.1) is 0 Å². The molecule has 0 amide bonds. The lowest BCUT2D eigenvalue weighted by atomic mass is 9.67. The van der Waals surface area contributed by atoms with Crippen molar-refractivity contribution in [3.05, 3.63) is 53.9 Å². The number of hydrogen-bond acceptors (Lipinski definition) is 2. The number of alkyl halides is 1. The highest BCUT2D eigenvalue weighted by molar-refractivity contribution is 6.62. The van der Waals surface area contributed by atoms with Gasteiger partial charge in [-0.2, -0.15) is 0 Å². The van der Waals surface area contributed by atoms with E-state index in [1.54, 1.807) is 12.1 Å². The van der Waals surface area contributed by atoms with Gasteiger partial charge in [-0.1, -0.05) is 42.5 Å². The fourth-order valence-corrected chi connectivity index (χ4v) is 1.93. The maximum absolute atomic E-state index is 13.9. The smallest absolute Gasteiger partial charge is 0.426 e. The molecule has 0 aliphatic heterocycles. The summed E-state index contributed by atoms with van der Waals surface area (Å²) in [5.74, 6) is -0.443. The molecule has 1 atom stereocenters. The summed E-state index contributed by atoms with van der Waals surface area (Å²) in [6, 6.07) is 9.04. The molecular weight excluding hydrogens is 241 g/mol. The molecule has 0 aromatic heterocycles. The predicted molar refractivity (Wildman–Crippen MR) is 67.0 cm³/mol. The van der Waals surface area contributed by atoms with Crippen LogP contribution in [0.25, 0.3) is 5.57 Å². The molecule has 0 heterocycles. The van der Waals surface area contributed by atoms with E-state index in [0.29, 0.717) is 5.57 Å². The first-order chi connectivity index (χ1) is 8.03. The van der Waals surface area contributed by atoms with Gasteiger partial charge >= 0.3 is 7.12 Å². The fraction of sp³-hybridized carbons (Fsp3) is 0.167. The molecule has 0 radical (unpaired) electrons.